The number of hydrogen-bond donors (Lipinski definition) is 2. The molecule has 24 heavy (non-hydrogen) atoms. The van der Waals surface area contributed by atoms with Crippen molar-refractivity contribution in [2.45, 2.75) is 31.1 Å². The predicted molar refractivity (Wildman–Crippen MR) is 93.4 cm³/mol. The van der Waals surface area contributed by atoms with Gasteiger partial charge in [0.05, 0.1) is 21.9 Å². The van der Waals surface area contributed by atoms with Crippen molar-refractivity contribution in [3.8, 4) is 0 Å². The number of nitrogens with one attached hydrogen (secondary N) is 2. The Hall–Kier alpha value is -2.06. The van der Waals surface area contributed by atoms with Gasteiger partial charge in [0, 0.05) is 25.0 Å². The van der Waals surface area contributed by atoms with E-state index in [2.05, 4.69) is 15.1 Å². The van der Waals surface area contributed by atoms with Gasteiger partial charge in [-0.25, -0.2) is 4.99 Å². The van der Waals surface area contributed by atoms with Crippen LogP contribution in [0.25, 0.3) is 0 Å². The van der Waals surface area contributed by atoms with Crippen LogP contribution in [-0.2, 0) is 4.74 Å². The largest absolute Gasteiger partial charge is 0.381 e. The van der Waals surface area contributed by atoms with E-state index in [0.717, 1.165) is 17.9 Å². The molecule has 4 heterocycles. The third-order valence-electron chi connectivity index (χ3n) is 4.44. The van der Waals surface area contributed by atoms with Crippen LogP contribution in [0.4, 0.5) is 5.82 Å². The van der Waals surface area contributed by atoms with Crippen LogP contribution in [-0.4, -0.2) is 33.0 Å². The molecule has 2 aliphatic heterocycles. The second-order valence-corrected chi connectivity index (χ2v) is 7.27. The average Bonchev–Trinajstić information content (AvgIpc) is 2.92. The maximum atomic E-state index is 12.6. The SMILES string of the molecule is CC1=Nc2c(c(=O)[nH]n2C2CCOCC2)C(c2ccc[nH]c2=O)S1. The number of H-pyrrole nitrogens is 2. The lowest BCUT2D eigenvalue weighted by Gasteiger charge is -2.26. The van der Waals surface area contributed by atoms with Crippen LogP contribution >= 0.6 is 11.8 Å². The number of fused-ring (bicyclic) bond motifs is 1. The molecule has 1 fully saturated rings. The summed E-state index contributed by atoms with van der Waals surface area (Å²) in [7, 11) is 0. The van der Waals surface area contributed by atoms with Gasteiger partial charge in [-0.3, -0.25) is 19.4 Å². The number of thioether (sulfide) groups is 1. The molecule has 0 amide bonds. The van der Waals surface area contributed by atoms with Gasteiger partial charge >= 0.3 is 0 Å². The lowest BCUT2D eigenvalue weighted by atomic mass is 10.1. The molecule has 1 atom stereocenters. The Morgan fingerprint density at radius 1 is 1.29 bits per heavy atom. The molecule has 0 saturated carbocycles. The van der Waals surface area contributed by atoms with Crippen molar-refractivity contribution in [1.29, 1.82) is 0 Å². The van der Waals surface area contributed by atoms with E-state index < -0.39 is 0 Å². The van der Waals surface area contributed by atoms with Crippen LogP contribution in [0.3, 0.4) is 0 Å². The number of nitrogens with zero attached hydrogens (tertiary/aromatic N) is 2. The number of hydrogen-bond acceptors (Lipinski definition) is 5. The molecule has 0 spiro atoms. The number of aromatic nitrogens is 3. The molecular formula is C16H18N4O3S. The molecule has 2 aromatic heterocycles. The van der Waals surface area contributed by atoms with Gasteiger partial charge in [-0.15, -0.1) is 0 Å². The van der Waals surface area contributed by atoms with E-state index >= 15 is 0 Å². The Morgan fingerprint density at radius 3 is 2.83 bits per heavy atom. The molecule has 0 aromatic carbocycles. The smallest absolute Gasteiger partial charge is 0.271 e. The highest BCUT2D eigenvalue weighted by molar-refractivity contribution is 8.14. The van der Waals surface area contributed by atoms with Crippen molar-refractivity contribution in [2.75, 3.05) is 13.2 Å². The van der Waals surface area contributed by atoms with E-state index in [1.807, 2.05) is 11.6 Å². The predicted octanol–water partition coefficient (Wildman–Crippen LogP) is 2.10. The summed E-state index contributed by atoms with van der Waals surface area (Å²) in [6.45, 7) is 3.27. The van der Waals surface area contributed by atoms with E-state index in [0.29, 0.717) is 30.2 Å². The normalized spacial score (nSPS) is 21.4. The fourth-order valence-corrected chi connectivity index (χ4v) is 4.40. The van der Waals surface area contributed by atoms with Gasteiger partial charge in [-0.2, -0.15) is 0 Å². The van der Waals surface area contributed by atoms with Crippen molar-refractivity contribution in [1.82, 2.24) is 14.8 Å². The molecule has 126 valence electrons. The van der Waals surface area contributed by atoms with Gasteiger partial charge in [0.25, 0.3) is 11.1 Å². The quantitative estimate of drug-likeness (QED) is 0.871. The Labute approximate surface area is 142 Å². The Morgan fingerprint density at radius 2 is 2.08 bits per heavy atom. The molecular weight excluding hydrogens is 328 g/mol. The first-order valence-corrected chi connectivity index (χ1v) is 8.85. The molecule has 8 heteroatoms. The molecule has 0 bridgehead atoms. The maximum absolute atomic E-state index is 12.6. The monoisotopic (exact) mass is 346 g/mol. The van der Waals surface area contributed by atoms with Gasteiger partial charge in [-0.1, -0.05) is 17.8 Å². The zero-order valence-electron chi connectivity index (χ0n) is 13.2. The van der Waals surface area contributed by atoms with Crippen LogP contribution in [0.15, 0.2) is 32.9 Å². The van der Waals surface area contributed by atoms with Crippen LogP contribution < -0.4 is 11.1 Å². The Balaban J connectivity index is 1.86. The lowest BCUT2D eigenvalue weighted by Crippen LogP contribution is -2.21. The minimum atomic E-state index is -0.340. The van der Waals surface area contributed by atoms with Crippen molar-refractivity contribution in [3.05, 3.63) is 50.2 Å². The fourth-order valence-electron chi connectivity index (χ4n) is 3.28. The standard InChI is InChI=1S/C16H18N4O3S/c1-9-18-14-12(13(24-9)11-3-2-6-17-15(11)21)16(22)19-20(14)10-4-7-23-8-5-10/h2-3,6,10,13H,4-5,7-8H2,1H3,(H,17,21)(H,19,22). The second kappa shape index (κ2) is 6.10. The van der Waals surface area contributed by atoms with Crippen LogP contribution in [0, 0.1) is 0 Å². The summed E-state index contributed by atoms with van der Waals surface area (Å²) < 4.78 is 7.28. The summed E-state index contributed by atoms with van der Waals surface area (Å²) in [4.78, 5) is 32.1. The van der Waals surface area contributed by atoms with E-state index in [9.17, 15) is 9.59 Å². The lowest BCUT2D eigenvalue weighted by molar-refractivity contribution is 0.0666. The first-order chi connectivity index (χ1) is 11.6. The summed E-state index contributed by atoms with van der Waals surface area (Å²) in [6, 6.07) is 3.72. The van der Waals surface area contributed by atoms with Crippen molar-refractivity contribution in [3.63, 3.8) is 0 Å². The molecule has 0 radical (unpaired) electrons. The molecule has 1 unspecified atom stereocenters. The summed E-state index contributed by atoms with van der Waals surface area (Å²) in [5, 5.41) is 3.44. The molecule has 1 saturated heterocycles. The first kappa shape index (κ1) is 15.5. The van der Waals surface area contributed by atoms with E-state index in [4.69, 9.17) is 4.74 Å². The number of rotatable bonds is 2. The highest BCUT2D eigenvalue weighted by atomic mass is 32.2. The Kier molecular flexibility index (Phi) is 3.93. The molecule has 4 rings (SSSR count). The van der Waals surface area contributed by atoms with E-state index in [1.165, 1.54) is 11.8 Å². The molecule has 7 nitrogen and oxygen atoms in total. The zero-order chi connectivity index (χ0) is 16.7. The van der Waals surface area contributed by atoms with Crippen molar-refractivity contribution < 1.29 is 4.74 Å². The highest BCUT2D eigenvalue weighted by Gasteiger charge is 2.33. The maximum Gasteiger partial charge on any atom is 0.271 e. The number of aliphatic imine (C=N–C) groups is 1. The third kappa shape index (κ3) is 2.55. The van der Waals surface area contributed by atoms with Crippen LogP contribution in [0.2, 0.25) is 0 Å². The summed E-state index contributed by atoms with van der Waals surface area (Å²) >= 11 is 1.44. The minimum Gasteiger partial charge on any atom is -0.381 e. The molecule has 2 aliphatic rings. The number of pyridine rings is 1. The summed E-state index contributed by atoms with van der Waals surface area (Å²) in [5.41, 5.74) is 0.796. The molecule has 0 aliphatic carbocycles. The molecule has 2 N–H and O–H groups in total. The average molecular weight is 346 g/mol. The van der Waals surface area contributed by atoms with Crippen molar-refractivity contribution >= 4 is 22.6 Å². The Bertz CT molecular complexity index is 905. The van der Waals surface area contributed by atoms with E-state index in [1.54, 1.807) is 18.3 Å². The van der Waals surface area contributed by atoms with Gasteiger partial charge in [0.1, 0.15) is 0 Å². The second-order valence-electron chi connectivity index (χ2n) is 5.98. The van der Waals surface area contributed by atoms with Gasteiger partial charge < -0.3 is 9.72 Å². The first-order valence-electron chi connectivity index (χ1n) is 7.97. The summed E-state index contributed by atoms with van der Waals surface area (Å²) in [6.07, 6.45) is 3.28. The van der Waals surface area contributed by atoms with Crippen molar-refractivity contribution in [2.24, 2.45) is 4.99 Å². The molecule has 2 aromatic rings. The highest BCUT2D eigenvalue weighted by Crippen LogP contribution is 2.43. The van der Waals surface area contributed by atoms with Gasteiger partial charge in [-0.05, 0) is 25.8 Å². The fraction of sp³-hybridized carbons (Fsp3) is 0.438. The minimum absolute atomic E-state index is 0.171. The van der Waals surface area contributed by atoms with E-state index in [-0.39, 0.29) is 22.4 Å². The topological polar surface area (TPSA) is 92.2 Å². The van der Waals surface area contributed by atoms with Gasteiger partial charge in [0.2, 0.25) is 0 Å². The number of ether oxygens (including phenoxy) is 1. The third-order valence-corrected chi connectivity index (χ3v) is 5.59. The van der Waals surface area contributed by atoms with Crippen LogP contribution in [0.5, 0.6) is 0 Å². The summed E-state index contributed by atoms with van der Waals surface area (Å²) in [5.74, 6) is 0.649. The number of aromatic amines is 2. The van der Waals surface area contributed by atoms with Gasteiger partial charge in [0.15, 0.2) is 5.82 Å². The zero-order valence-corrected chi connectivity index (χ0v) is 14.1. The van der Waals surface area contributed by atoms with Crippen LogP contribution in [0.1, 0.15) is 42.2 Å².